The first-order valence-corrected chi connectivity index (χ1v) is 6.42. The fourth-order valence-electron chi connectivity index (χ4n) is 1.49. The zero-order valence-corrected chi connectivity index (χ0v) is 11.2. The highest BCUT2D eigenvalue weighted by Crippen LogP contribution is 2.25. The molecule has 0 saturated carbocycles. The number of hydrogen-bond acceptors (Lipinski definition) is 3. The van der Waals surface area contributed by atoms with Crippen molar-refractivity contribution in [2.45, 2.75) is 24.6 Å². The molecule has 0 spiro atoms. The molecule has 0 fully saturated rings. The van der Waals surface area contributed by atoms with Crippen molar-refractivity contribution in [3.05, 3.63) is 47.2 Å². The lowest BCUT2D eigenvalue weighted by molar-refractivity contribution is 0.447. The highest BCUT2D eigenvalue weighted by Gasteiger charge is 2.16. The van der Waals surface area contributed by atoms with Gasteiger partial charge in [0.15, 0.2) is 0 Å². The van der Waals surface area contributed by atoms with E-state index < -0.39 is 11.6 Å². The summed E-state index contributed by atoms with van der Waals surface area (Å²) in [6.07, 6.45) is 0.741. The molecule has 1 aromatic carbocycles. The monoisotopic (exact) mass is 316 g/mol. The zero-order chi connectivity index (χ0) is 13.1. The summed E-state index contributed by atoms with van der Waals surface area (Å²) in [4.78, 5) is -0.0378. The molecule has 0 bridgehead atoms. The van der Waals surface area contributed by atoms with E-state index in [0.29, 0.717) is 5.89 Å². The molecule has 1 unspecified atom stereocenters. The number of hydrogen-bond donors (Lipinski definition) is 0. The Morgan fingerprint density at radius 3 is 2.56 bits per heavy atom. The van der Waals surface area contributed by atoms with Gasteiger partial charge in [0, 0.05) is 5.56 Å². The van der Waals surface area contributed by atoms with Crippen molar-refractivity contribution in [2.75, 3.05) is 0 Å². The first-order chi connectivity index (χ1) is 8.61. The Morgan fingerprint density at radius 2 is 1.94 bits per heavy atom. The van der Waals surface area contributed by atoms with E-state index >= 15 is 0 Å². The third-order valence-corrected chi connectivity index (χ3v) is 3.54. The lowest BCUT2D eigenvalue weighted by atomic mass is 10.1. The summed E-state index contributed by atoms with van der Waals surface area (Å²) in [5.74, 6) is -0.600. The molecule has 96 valence electrons. The third kappa shape index (κ3) is 2.75. The SMILES string of the molecule is CCC(Br)c1nnc(Cc2c(F)cccc2F)o1. The van der Waals surface area contributed by atoms with Crippen LogP contribution < -0.4 is 0 Å². The summed E-state index contributed by atoms with van der Waals surface area (Å²) in [6, 6.07) is 3.73. The Balaban J connectivity index is 2.21. The van der Waals surface area contributed by atoms with Gasteiger partial charge in [0.05, 0.1) is 11.2 Å². The van der Waals surface area contributed by atoms with E-state index in [-0.39, 0.29) is 22.7 Å². The lowest BCUT2D eigenvalue weighted by Gasteiger charge is -2.01. The summed E-state index contributed by atoms with van der Waals surface area (Å²) in [5.41, 5.74) is -0.0599. The van der Waals surface area contributed by atoms with Crippen molar-refractivity contribution in [2.24, 2.45) is 0 Å². The van der Waals surface area contributed by atoms with Crippen LogP contribution in [-0.4, -0.2) is 10.2 Å². The van der Waals surface area contributed by atoms with Crippen molar-refractivity contribution >= 4 is 15.9 Å². The van der Waals surface area contributed by atoms with Crippen molar-refractivity contribution in [1.29, 1.82) is 0 Å². The minimum absolute atomic E-state index is 0.0378. The minimum Gasteiger partial charge on any atom is -0.424 e. The van der Waals surface area contributed by atoms with E-state index in [1.54, 1.807) is 0 Å². The second-order valence-corrected chi connectivity index (χ2v) is 4.89. The van der Waals surface area contributed by atoms with Crippen molar-refractivity contribution < 1.29 is 13.2 Å². The van der Waals surface area contributed by atoms with E-state index in [2.05, 4.69) is 26.1 Å². The Bertz CT molecular complexity index is 524. The molecule has 0 N–H and O–H groups in total. The van der Waals surface area contributed by atoms with Gasteiger partial charge >= 0.3 is 0 Å². The lowest BCUT2D eigenvalue weighted by Crippen LogP contribution is -1.97. The molecule has 3 nitrogen and oxygen atoms in total. The van der Waals surface area contributed by atoms with Gasteiger partial charge in [-0.3, -0.25) is 0 Å². The molecule has 0 aliphatic rings. The Kier molecular flexibility index (Phi) is 4.06. The van der Waals surface area contributed by atoms with Gasteiger partial charge < -0.3 is 4.42 Å². The van der Waals surface area contributed by atoms with E-state index in [1.807, 2.05) is 6.92 Å². The van der Waals surface area contributed by atoms with Crippen LogP contribution in [0.25, 0.3) is 0 Å². The standard InChI is InChI=1S/C12H11BrF2N2O/c1-2-8(13)12-17-16-11(18-12)6-7-9(14)4-3-5-10(7)15/h3-5,8H,2,6H2,1H3. The maximum absolute atomic E-state index is 13.4. The first-order valence-electron chi connectivity index (χ1n) is 5.51. The number of nitrogens with zero attached hydrogens (tertiary/aromatic N) is 2. The molecule has 0 aliphatic carbocycles. The van der Waals surface area contributed by atoms with Gasteiger partial charge in [-0.25, -0.2) is 8.78 Å². The van der Waals surface area contributed by atoms with E-state index in [9.17, 15) is 8.78 Å². The largest absolute Gasteiger partial charge is 0.424 e. The van der Waals surface area contributed by atoms with Gasteiger partial charge in [0.2, 0.25) is 11.8 Å². The number of alkyl halides is 1. The van der Waals surface area contributed by atoms with Crippen LogP contribution in [0.4, 0.5) is 8.78 Å². The Hall–Kier alpha value is -1.30. The molecule has 0 aliphatic heterocycles. The van der Waals surface area contributed by atoms with Gasteiger partial charge in [-0.15, -0.1) is 10.2 Å². The van der Waals surface area contributed by atoms with Crippen LogP contribution in [0.15, 0.2) is 22.6 Å². The van der Waals surface area contributed by atoms with Crippen LogP contribution in [0.3, 0.4) is 0 Å². The Morgan fingerprint density at radius 1 is 1.28 bits per heavy atom. The van der Waals surface area contributed by atoms with Crippen LogP contribution in [0.2, 0.25) is 0 Å². The van der Waals surface area contributed by atoms with Crippen LogP contribution >= 0.6 is 15.9 Å². The second kappa shape index (κ2) is 5.56. The number of benzene rings is 1. The first kappa shape index (κ1) is 13.1. The molecule has 1 heterocycles. The topological polar surface area (TPSA) is 38.9 Å². The molecular weight excluding hydrogens is 306 g/mol. The summed E-state index contributed by atoms with van der Waals surface area (Å²) < 4.78 is 32.2. The predicted octanol–water partition coefficient (Wildman–Crippen LogP) is 3.78. The Labute approximate surface area is 111 Å². The van der Waals surface area contributed by atoms with Crippen LogP contribution in [-0.2, 0) is 6.42 Å². The van der Waals surface area contributed by atoms with Crippen LogP contribution in [0.5, 0.6) is 0 Å². The fourth-order valence-corrected chi connectivity index (χ4v) is 1.68. The third-order valence-electron chi connectivity index (χ3n) is 2.50. The quantitative estimate of drug-likeness (QED) is 0.806. The molecule has 2 rings (SSSR count). The molecule has 1 aromatic heterocycles. The van der Waals surface area contributed by atoms with Crippen molar-refractivity contribution in [1.82, 2.24) is 10.2 Å². The molecule has 6 heteroatoms. The van der Waals surface area contributed by atoms with Gasteiger partial charge in [0.25, 0.3) is 0 Å². The molecule has 18 heavy (non-hydrogen) atoms. The highest BCUT2D eigenvalue weighted by atomic mass is 79.9. The van der Waals surface area contributed by atoms with Gasteiger partial charge in [-0.05, 0) is 18.6 Å². The smallest absolute Gasteiger partial charge is 0.230 e. The summed E-state index contributed by atoms with van der Waals surface area (Å²) >= 11 is 3.37. The predicted molar refractivity (Wildman–Crippen MR) is 65.4 cm³/mol. The molecule has 0 radical (unpaired) electrons. The van der Waals surface area contributed by atoms with Gasteiger partial charge in [-0.1, -0.05) is 28.9 Å². The van der Waals surface area contributed by atoms with Crippen molar-refractivity contribution in [3.8, 4) is 0 Å². The maximum atomic E-state index is 13.4. The molecular formula is C12H11BrF2N2O. The zero-order valence-electron chi connectivity index (χ0n) is 9.66. The molecule has 0 saturated heterocycles. The van der Waals surface area contributed by atoms with E-state index in [1.165, 1.54) is 18.2 Å². The normalized spacial score (nSPS) is 12.7. The summed E-state index contributed by atoms with van der Waals surface area (Å²) in [6.45, 7) is 1.96. The molecule has 0 amide bonds. The summed E-state index contributed by atoms with van der Waals surface area (Å²) in [7, 11) is 0. The minimum atomic E-state index is -0.611. The van der Waals surface area contributed by atoms with Gasteiger partial charge in [0.1, 0.15) is 11.6 Å². The van der Waals surface area contributed by atoms with E-state index in [4.69, 9.17) is 4.42 Å². The number of rotatable bonds is 4. The number of aromatic nitrogens is 2. The molecule has 1 atom stereocenters. The second-order valence-electron chi connectivity index (χ2n) is 3.79. The van der Waals surface area contributed by atoms with Crippen LogP contribution in [0.1, 0.15) is 35.5 Å². The average molecular weight is 317 g/mol. The summed E-state index contributed by atoms with van der Waals surface area (Å²) in [5, 5.41) is 7.62. The van der Waals surface area contributed by atoms with Gasteiger partial charge in [-0.2, -0.15) is 0 Å². The number of halogens is 3. The van der Waals surface area contributed by atoms with Crippen molar-refractivity contribution in [3.63, 3.8) is 0 Å². The molecule has 2 aromatic rings. The maximum Gasteiger partial charge on any atom is 0.230 e. The highest BCUT2D eigenvalue weighted by molar-refractivity contribution is 9.09. The van der Waals surface area contributed by atoms with Crippen LogP contribution in [0, 0.1) is 11.6 Å². The van der Waals surface area contributed by atoms with E-state index in [0.717, 1.165) is 6.42 Å². The average Bonchev–Trinajstić information content (AvgIpc) is 2.81. The fraction of sp³-hybridized carbons (Fsp3) is 0.333.